The summed E-state index contributed by atoms with van der Waals surface area (Å²) in [6, 6.07) is 9.15. The molecule has 1 aliphatic rings. The fraction of sp³-hybridized carbons (Fsp3) is 0.353. The maximum absolute atomic E-state index is 11.8. The lowest BCUT2D eigenvalue weighted by Gasteiger charge is -2.09. The highest BCUT2D eigenvalue weighted by atomic mass is 16.4. The van der Waals surface area contributed by atoms with Crippen molar-refractivity contribution in [3.05, 3.63) is 48.0 Å². The molecule has 0 radical (unpaired) electrons. The maximum atomic E-state index is 11.8. The molecule has 6 nitrogen and oxygen atoms in total. The van der Waals surface area contributed by atoms with Crippen molar-refractivity contribution in [3.63, 3.8) is 0 Å². The number of nitriles is 1. The summed E-state index contributed by atoms with van der Waals surface area (Å²) in [6.07, 6.45) is 5.66. The third-order valence-electron chi connectivity index (χ3n) is 4.58. The fourth-order valence-corrected chi connectivity index (χ4v) is 3.13. The number of benzene rings is 1. The van der Waals surface area contributed by atoms with Crippen LogP contribution in [0.3, 0.4) is 0 Å². The first-order chi connectivity index (χ1) is 11.1. The van der Waals surface area contributed by atoms with Crippen LogP contribution >= 0.6 is 0 Å². The van der Waals surface area contributed by atoms with Gasteiger partial charge >= 0.3 is 5.97 Å². The predicted molar refractivity (Wildman–Crippen MR) is 84.0 cm³/mol. The number of nitrogens with zero attached hydrogens (tertiary/aromatic N) is 3. The first-order valence-electron chi connectivity index (χ1n) is 7.60. The summed E-state index contributed by atoms with van der Waals surface area (Å²) in [5.74, 6) is -0.711. The Balaban J connectivity index is 1.85. The Morgan fingerprint density at radius 1 is 1.48 bits per heavy atom. The lowest BCUT2D eigenvalue weighted by Crippen LogP contribution is -2.23. The number of carboxylic acids is 1. The van der Waals surface area contributed by atoms with Crippen molar-refractivity contribution in [1.29, 1.82) is 5.26 Å². The summed E-state index contributed by atoms with van der Waals surface area (Å²) in [5, 5.41) is 18.5. The van der Waals surface area contributed by atoms with E-state index in [2.05, 4.69) is 11.1 Å². The van der Waals surface area contributed by atoms with Crippen molar-refractivity contribution in [2.75, 3.05) is 6.54 Å². The maximum Gasteiger partial charge on any atom is 0.316 e. The van der Waals surface area contributed by atoms with Gasteiger partial charge in [0.2, 0.25) is 0 Å². The Morgan fingerprint density at radius 3 is 2.83 bits per heavy atom. The number of imidazole rings is 1. The van der Waals surface area contributed by atoms with Gasteiger partial charge < -0.3 is 15.4 Å². The van der Waals surface area contributed by atoms with Gasteiger partial charge in [0.25, 0.3) is 0 Å². The number of rotatable bonds is 6. The molecule has 1 aromatic heterocycles. The molecule has 0 amide bonds. The molecule has 0 saturated heterocycles. The minimum Gasteiger partial charge on any atom is -0.481 e. The van der Waals surface area contributed by atoms with Crippen molar-refractivity contribution >= 4 is 5.97 Å². The third kappa shape index (κ3) is 2.60. The molecule has 0 unspecified atom stereocenters. The number of hydrogen-bond acceptors (Lipinski definition) is 4. The highest BCUT2D eigenvalue weighted by molar-refractivity contribution is 5.85. The lowest BCUT2D eigenvalue weighted by atomic mass is 9.98. The molecule has 1 aliphatic carbocycles. The number of carbonyl (C=O) groups is 1. The van der Waals surface area contributed by atoms with Crippen LogP contribution in [-0.4, -0.2) is 27.2 Å². The van der Waals surface area contributed by atoms with E-state index in [9.17, 15) is 9.90 Å². The Hall–Kier alpha value is -2.65. The lowest BCUT2D eigenvalue weighted by molar-refractivity contribution is -0.140. The quantitative estimate of drug-likeness (QED) is 0.846. The number of aromatic nitrogens is 2. The second-order valence-electron chi connectivity index (χ2n) is 5.93. The van der Waals surface area contributed by atoms with Gasteiger partial charge in [0.15, 0.2) is 0 Å². The molecule has 3 N–H and O–H groups in total. The van der Waals surface area contributed by atoms with Crippen LogP contribution in [0.25, 0.3) is 5.69 Å². The van der Waals surface area contributed by atoms with Crippen LogP contribution in [0.15, 0.2) is 36.8 Å². The standard InChI is InChI=1S/C17H18N4O2/c18-7-1-2-13-8-17(13,16(22)23)15-10-21(11-20-15)14-5-3-12(9-19)4-6-14/h3-6,10-11,13H,1-2,7-8,18H2,(H,22,23)/t13-,17+/m0/s1. The van der Waals surface area contributed by atoms with Gasteiger partial charge in [0, 0.05) is 11.9 Å². The summed E-state index contributed by atoms with van der Waals surface area (Å²) in [4.78, 5) is 16.1. The monoisotopic (exact) mass is 310 g/mol. The summed E-state index contributed by atoms with van der Waals surface area (Å²) in [7, 11) is 0. The summed E-state index contributed by atoms with van der Waals surface area (Å²) in [6.45, 7) is 0.575. The number of aliphatic carboxylic acids is 1. The van der Waals surface area contributed by atoms with Crippen molar-refractivity contribution < 1.29 is 9.90 Å². The second kappa shape index (κ2) is 5.86. The van der Waals surface area contributed by atoms with Crippen LogP contribution in [0.4, 0.5) is 0 Å². The fourth-order valence-electron chi connectivity index (χ4n) is 3.13. The SMILES string of the molecule is N#Cc1ccc(-n2cnc([C@@]3(C(=O)O)C[C@@H]3CCCN)c2)cc1. The predicted octanol–water partition coefficient (Wildman–Crippen LogP) is 1.83. The molecule has 1 saturated carbocycles. The first-order valence-corrected chi connectivity index (χ1v) is 7.60. The van der Waals surface area contributed by atoms with Gasteiger partial charge in [0.05, 0.1) is 23.7 Å². The van der Waals surface area contributed by atoms with E-state index in [1.807, 2.05) is 12.1 Å². The number of nitrogens with two attached hydrogens (primary N) is 1. The van der Waals surface area contributed by atoms with E-state index >= 15 is 0 Å². The zero-order valence-corrected chi connectivity index (χ0v) is 12.6. The molecule has 1 heterocycles. The van der Waals surface area contributed by atoms with E-state index in [0.29, 0.717) is 24.2 Å². The van der Waals surface area contributed by atoms with E-state index in [1.165, 1.54) is 0 Å². The summed E-state index contributed by atoms with van der Waals surface area (Å²) in [5.41, 5.74) is 6.68. The van der Waals surface area contributed by atoms with E-state index in [4.69, 9.17) is 11.0 Å². The molecule has 23 heavy (non-hydrogen) atoms. The van der Waals surface area contributed by atoms with Gasteiger partial charge in [-0.25, -0.2) is 4.98 Å². The van der Waals surface area contributed by atoms with Crippen LogP contribution in [0.1, 0.15) is 30.5 Å². The largest absolute Gasteiger partial charge is 0.481 e. The molecule has 0 bridgehead atoms. The van der Waals surface area contributed by atoms with Crippen LogP contribution < -0.4 is 5.73 Å². The zero-order valence-electron chi connectivity index (χ0n) is 12.6. The smallest absolute Gasteiger partial charge is 0.316 e. The highest BCUT2D eigenvalue weighted by Crippen LogP contribution is 2.56. The van der Waals surface area contributed by atoms with Crippen molar-refractivity contribution in [2.45, 2.75) is 24.7 Å². The molecule has 3 rings (SSSR count). The summed E-state index contributed by atoms with van der Waals surface area (Å²) >= 11 is 0. The molecule has 1 aromatic carbocycles. The van der Waals surface area contributed by atoms with Crippen molar-refractivity contribution in [2.24, 2.45) is 11.7 Å². The first kappa shape index (κ1) is 15.3. The number of hydrogen-bond donors (Lipinski definition) is 2. The van der Waals surface area contributed by atoms with Gasteiger partial charge in [-0.3, -0.25) is 4.79 Å². The van der Waals surface area contributed by atoms with Crippen LogP contribution in [0.5, 0.6) is 0 Å². The zero-order chi connectivity index (χ0) is 16.4. The van der Waals surface area contributed by atoms with E-state index < -0.39 is 11.4 Å². The van der Waals surface area contributed by atoms with E-state index in [1.54, 1.807) is 29.2 Å². The van der Waals surface area contributed by atoms with Gasteiger partial charge in [0.1, 0.15) is 5.41 Å². The molecule has 2 atom stereocenters. The van der Waals surface area contributed by atoms with Crippen LogP contribution in [0.2, 0.25) is 0 Å². The summed E-state index contributed by atoms with van der Waals surface area (Å²) < 4.78 is 1.79. The number of carboxylic acid groups (broad SMARTS) is 1. The van der Waals surface area contributed by atoms with Crippen LogP contribution in [-0.2, 0) is 10.2 Å². The molecular weight excluding hydrogens is 292 g/mol. The molecule has 1 fully saturated rings. The van der Waals surface area contributed by atoms with Gasteiger partial charge in [-0.05, 0) is 56.0 Å². The van der Waals surface area contributed by atoms with E-state index in [-0.39, 0.29) is 5.92 Å². The Bertz CT molecular complexity index is 760. The average Bonchev–Trinajstić information content (AvgIpc) is 3.10. The molecule has 2 aromatic rings. The third-order valence-corrected chi connectivity index (χ3v) is 4.58. The normalized spacial score (nSPS) is 22.5. The average molecular weight is 310 g/mol. The van der Waals surface area contributed by atoms with Crippen molar-refractivity contribution in [3.8, 4) is 11.8 Å². The second-order valence-corrected chi connectivity index (χ2v) is 5.93. The minimum atomic E-state index is -0.868. The van der Waals surface area contributed by atoms with Crippen LogP contribution in [0, 0.1) is 17.2 Å². The Morgan fingerprint density at radius 2 is 2.22 bits per heavy atom. The van der Waals surface area contributed by atoms with Crippen molar-refractivity contribution in [1.82, 2.24) is 9.55 Å². The molecule has 118 valence electrons. The molecule has 6 heteroatoms. The highest BCUT2D eigenvalue weighted by Gasteiger charge is 2.62. The molecule has 0 aliphatic heterocycles. The minimum absolute atomic E-state index is 0.105. The molecular formula is C17H18N4O2. The Kier molecular flexibility index (Phi) is 3.89. The topological polar surface area (TPSA) is 105 Å². The van der Waals surface area contributed by atoms with Gasteiger partial charge in [-0.15, -0.1) is 0 Å². The van der Waals surface area contributed by atoms with E-state index in [0.717, 1.165) is 18.5 Å². The Labute approximate surface area is 134 Å². The van der Waals surface area contributed by atoms with Gasteiger partial charge in [-0.1, -0.05) is 0 Å². The molecule has 0 spiro atoms. The van der Waals surface area contributed by atoms with Gasteiger partial charge in [-0.2, -0.15) is 5.26 Å².